The van der Waals surface area contributed by atoms with Crippen LogP contribution in [0.15, 0.2) is 105 Å². The molecule has 0 amide bonds. The third-order valence-corrected chi connectivity index (χ3v) is 6.16. The molecule has 192 valence electrons. The highest BCUT2D eigenvalue weighted by atomic mass is 19.4. The average molecular weight is 528 g/mol. The number of hydrogen-bond acceptors (Lipinski definition) is 6. The minimum absolute atomic E-state index is 0.0876. The Kier molecular flexibility index (Phi) is 5.03. The van der Waals surface area contributed by atoms with Gasteiger partial charge in [-0.05, 0) is 59.3 Å². The zero-order chi connectivity index (χ0) is 26.8. The fourth-order valence-corrected chi connectivity index (χ4v) is 4.00. The summed E-state index contributed by atoms with van der Waals surface area (Å²) >= 11 is 0. The summed E-state index contributed by atoms with van der Waals surface area (Å²) in [5, 5.41) is 14.3. The third kappa shape index (κ3) is 4.01. The summed E-state index contributed by atoms with van der Waals surface area (Å²) in [4.78, 5) is 0. The molecule has 0 aliphatic carbocycles. The van der Waals surface area contributed by atoms with Gasteiger partial charge in [0.15, 0.2) is 0 Å². The van der Waals surface area contributed by atoms with Gasteiger partial charge in [0.05, 0.1) is 0 Å². The molecule has 0 radical (unpaired) electrons. The SMILES string of the molecule is FC(F)(F)C1(c2ccc(Oc3ccc4cc(Oc5ccc(C6(C(F)(F)F)N=N6)cc5)ccc4c3)cc2)N=N1. The van der Waals surface area contributed by atoms with Gasteiger partial charge in [-0.1, -0.05) is 36.4 Å². The Labute approximate surface area is 210 Å². The molecule has 6 rings (SSSR count). The second-order valence-electron chi connectivity index (χ2n) is 8.66. The molecular weight excluding hydrogens is 514 g/mol. The molecule has 0 unspecified atom stereocenters. The molecular formula is C26H14F6N4O2. The first-order valence-electron chi connectivity index (χ1n) is 11.1. The van der Waals surface area contributed by atoms with Crippen LogP contribution in [0, 0.1) is 0 Å². The van der Waals surface area contributed by atoms with Crippen LogP contribution in [-0.2, 0) is 11.3 Å². The number of alkyl halides is 6. The largest absolute Gasteiger partial charge is 0.457 e. The van der Waals surface area contributed by atoms with Gasteiger partial charge < -0.3 is 9.47 Å². The van der Waals surface area contributed by atoms with Gasteiger partial charge in [-0.2, -0.15) is 26.3 Å². The molecule has 12 heteroatoms. The standard InChI is InChI=1S/C26H14F6N4O2/c27-25(28,29)23(33-34-23)17-3-9-19(10-4-17)37-21-7-1-15-13-22(8-2-16(15)14-21)38-20-11-5-18(6-12-20)24(35-36-24)26(30,31)32/h1-14H. The molecule has 4 aromatic carbocycles. The van der Waals surface area contributed by atoms with Crippen molar-refractivity contribution in [3.8, 4) is 23.0 Å². The van der Waals surface area contributed by atoms with Gasteiger partial charge in [-0.25, -0.2) is 0 Å². The lowest BCUT2D eigenvalue weighted by atomic mass is 10.0. The van der Waals surface area contributed by atoms with Crippen LogP contribution >= 0.6 is 0 Å². The van der Waals surface area contributed by atoms with E-state index in [9.17, 15) is 26.3 Å². The van der Waals surface area contributed by atoms with Crippen molar-refractivity contribution in [1.29, 1.82) is 0 Å². The molecule has 0 fully saturated rings. The van der Waals surface area contributed by atoms with Crippen molar-refractivity contribution in [3.63, 3.8) is 0 Å². The Balaban J connectivity index is 1.14. The van der Waals surface area contributed by atoms with Gasteiger partial charge in [-0.15, -0.1) is 20.5 Å². The van der Waals surface area contributed by atoms with Crippen molar-refractivity contribution in [3.05, 3.63) is 96.1 Å². The van der Waals surface area contributed by atoms with Crippen molar-refractivity contribution in [2.24, 2.45) is 20.5 Å². The maximum absolute atomic E-state index is 13.2. The van der Waals surface area contributed by atoms with E-state index in [1.54, 1.807) is 36.4 Å². The fraction of sp³-hybridized carbons (Fsp3) is 0.154. The highest BCUT2D eigenvalue weighted by Gasteiger charge is 2.65. The summed E-state index contributed by atoms with van der Waals surface area (Å²) in [6, 6.07) is 21.2. The minimum atomic E-state index is -4.60. The number of rotatable bonds is 6. The number of halogens is 6. The van der Waals surface area contributed by atoms with E-state index in [1.165, 1.54) is 48.5 Å². The van der Waals surface area contributed by atoms with Gasteiger partial charge in [0.2, 0.25) is 0 Å². The smallest absolute Gasteiger partial charge is 0.442 e. The van der Waals surface area contributed by atoms with E-state index in [1.807, 2.05) is 0 Å². The van der Waals surface area contributed by atoms with Crippen molar-refractivity contribution >= 4 is 10.8 Å². The second-order valence-corrected chi connectivity index (χ2v) is 8.66. The summed E-state index contributed by atoms with van der Waals surface area (Å²) in [5.41, 5.74) is -5.14. The van der Waals surface area contributed by atoms with Crippen LogP contribution < -0.4 is 9.47 Å². The van der Waals surface area contributed by atoms with Gasteiger partial charge in [-0.3, -0.25) is 0 Å². The van der Waals surface area contributed by atoms with Gasteiger partial charge in [0, 0.05) is 11.1 Å². The molecule has 6 nitrogen and oxygen atoms in total. The number of benzene rings is 4. The fourth-order valence-electron chi connectivity index (χ4n) is 4.00. The molecule has 0 aromatic heterocycles. The first-order chi connectivity index (χ1) is 18.0. The summed E-state index contributed by atoms with van der Waals surface area (Å²) < 4.78 is 90.5. The summed E-state index contributed by atoms with van der Waals surface area (Å²) in [6.45, 7) is 0. The molecule has 2 heterocycles. The van der Waals surface area contributed by atoms with E-state index in [2.05, 4.69) is 20.5 Å². The average Bonchev–Trinajstić information content (AvgIpc) is 3.78. The Morgan fingerprint density at radius 2 is 0.763 bits per heavy atom. The normalized spacial score (nSPS) is 16.9. The number of hydrogen-bond donors (Lipinski definition) is 0. The maximum atomic E-state index is 13.2. The van der Waals surface area contributed by atoms with Gasteiger partial charge in [0.25, 0.3) is 0 Å². The van der Waals surface area contributed by atoms with Crippen LogP contribution in [0.1, 0.15) is 11.1 Å². The second kappa shape index (κ2) is 8.01. The topological polar surface area (TPSA) is 67.9 Å². The molecule has 0 spiro atoms. The van der Waals surface area contributed by atoms with Gasteiger partial charge >= 0.3 is 23.7 Å². The Morgan fingerprint density at radius 3 is 1.05 bits per heavy atom. The van der Waals surface area contributed by atoms with Gasteiger partial charge in [0.1, 0.15) is 23.0 Å². The Bertz CT molecular complexity index is 1460. The molecule has 0 bridgehead atoms. The first-order valence-corrected chi connectivity index (χ1v) is 11.1. The monoisotopic (exact) mass is 528 g/mol. The van der Waals surface area contributed by atoms with Crippen molar-refractivity contribution in [2.75, 3.05) is 0 Å². The molecule has 4 aromatic rings. The molecule has 0 saturated carbocycles. The number of fused-ring (bicyclic) bond motifs is 1. The predicted molar refractivity (Wildman–Crippen MR) is 122 cm³/mol. The maximum Gasteiger partial charge on any atom is 0.442 e. The zero-order valence-corrected chi connectivity index (χ0v) is 19.0. The number of ether oxygens (including phenoxy) is 2. The van der Waals surface area contributed by atoms with E-state index >= 15 is 0 Å². The van der Waals surface area contributed by atoms with Crippen LogP contribution in [0.3, 0.4) is 0 Å². The molecule has 2 aliphatic heterocycles. The predicted octanol–water partition coefficient (Wildman–Crippen LogP) is 8.79. The summed E-state index contributed by atoms with van der Waals surface area (Å²) in [5.74, 6) is 1.62. The number of nitrogens with zero attached hydrogens (tertiary/aromatic N) is 4. The third-order valence-electron chi connectivity index (χ3n) is 6.16. The summed E-state index contributed by atoms with van der Waals surface area (Å²) in [7, 11) is 0. The van der Waals surface area contributed by atoms with Crippen LogP contribution in [0.25, 0.3) is 10.8 Å². The lowest BCUT2D eigenvalue weighted by molar-refractivity contribution is -0.166. The lowest BCUT2D eigenvalue weighted by Gasteiger charge is -2.15. The van der Waals surface area contributed by atoms with Crippen LogP contribution in [0.2, 0.25) is 0 Å². The molecule has 38 heavy (non-hydrogen) atoms. The van der Waals surface area contributed by atoms with E-state index in [-0.39, 0.29) is 11.1 Å². The Morgan fingerprint density at radius 1 is 0.447 bits per heavy atom. The van der Waals surface area contributed by atoms with E-state index < -0.39 is 23.7 Å². The van der Waals surface area contributed by atoms with Crippen LogP contribution in [0.5, 0.6) is 23.0 Å². The van der Waals surface area contributed by atoms with Crippen molar-refractivity contribution in [2.45, 2.75) is 23.7 Å². The molecule has 0 atom stereocenters. The van der Waals surface area contributed by atoms with E-state index in [0.29, 0.717) is 23.0 Å². The zero-order valence-electron chi connectivity index (χ0n) is 19.0. The highest BCUT2D eigenvalue weighted by molar-refractivity contribution is 5.85. The van der Waals surface area contributed by atoms with Crippen LogP contribution in [0.4, 0.5) is 26.3 Å². The summed E-state index contributed by atoms with van der Waals surface area (Å²) in [6.07, 6.45) is -9.20. The first kappa shape index (κ1) is 23.9. The quantitative estimate of drug-likeness (QED) is 0.235. The highest BCUT2D eigenvalue weighted by Crippen LogP contribution is 2.53. The van der Waals surface area contributed by atoms with Crippen LogP contribution in [-0.4, -0.2) is 12.4 Å². The van der Waals surface area contributed by atoms with Crippen molar-refractivity contribution in [1.82, 2.24) is 0 Å². The molecule has 2 aliphatic rings. The van der Waals surface area contributed by atoms with E-state index in [4.69, 9.17) is 9.47 Å². The van der Waals surface area contributed by atoms with Crippen molar-refractivity contribution < 1.29 is 35.8 Å². The minimum Gasteiger partial charge on any atom is -0.457 e. The molecule has 0 N–H and O–H groups in total. The molecule has 0 saturated heterocycles. The lowest BCUT2D eigenvalue weighted by Crippen LogP contribution is -2.29. The van der Waals surface area contributed by atoms with E-state index in [0.717, 1.165) is 10.8 Å². The Hall–Kier alpha value is -4.48.